The van der Waals surface area contributed by atoms with Crippen molar-refractivity contribution in [2.75, 3.05) is 4.90 Å². The third-order valence-corrected chi connectivity index (χ3v) is 9.10. The van der Waals surface area contributed by atoms with Crippen LogP contribution in [0, 0.1) is 0 Å². The lowest BCUT2D eigenvalue weighted by atomic mass is 9.99. The Morgan fingerprint density at radius 1 is 0.417 bits per heavy atom. The molecule has 0 spiro atoms. The van der Waals surface area contributed by atoms with Crippen molar-refractivity contribution < 1.29 is 4.42 Å². The number of rotatable bonds is 6. The van der Waals surface area contributed by atoms with Gasteiger partial charge in [-0.15, -0.1) is 0 Å². The molecule has 3 nitrogen and oxygen atoms in total. The van der Waals surface area contributed by atoms with Gasteiger partial charge in [-0.3, -0.25) is 4.98 Å². The van der Waals surface area contributed by atoms with Gasteiger partial charge in [-0.25, -0.2) is 0 Å². The Bertz CT molecular complexity index is 2540. The molecule has 0 fully saturated rings. The summed E-state index contributed by atoms with van der Waals surface area (Å²) in [7, 11) is 0. The van der Waals surface area contributed by atoms with Crippen LogP contribution >= 0.6 is 0 Å². The van der Waals surface area contributed by atoms with E-state index in [9.17, 15) is 0 Å². The molecule has 0 radical (unpaired) electrons. The number of hydrogen-bond acceptors (Lipinski definition) is 3. The van der Waals surface area contributed by atoms with Crippen LogP contribution in [-0.2, 0) is 0 Å². The molecule has 3 heteroatoms. The molecule has 0 amide bonds. The van der Waals surface area contributed by atoms with Crippen LogP contribution in [0.5, 0.6) is 0 Å². The Labute approximate surface area is 279 Å². The highest BCUT2D eigenvalue weighted by Crippen LogP contribution is 2.44. The molecular weight excluding hydrogens is 585 g/mol. The van der Waals surface area contributed by atoms with E-state index in [1.165, 1.54) is 27.8 Å². The predicted molar refractivity (Wildman–Crippen MR) is 200 cm³/mol. The Morgan fingerprint density at radius 3 is 1.73 bits per heavy atom. The zero-order valence-corrected chi connectivity index (χ0v) is 26.1. The van der Waals surface area contributed by atoms with Crippen LogP contribution in [0.4, 0.5) is 17.1 Å². The number of hydrogen-bond donors (Lipinski definition) is 0. The first-order valence-electron chi connectivity index (χ1n) is 16.2. The van der Waals surface area contributed by atoms with Crippen LogP contribution in [0.1, 0.15) is 0 Å². The molecule has 0 bridgehead atoms. The van der Waals surface area contributed by atoms with Crippen molar-refractivity contribution >= 4 is 49.9 Å². The summed E-state index contributed by atoms with van der Waals surface area (Å²) in [5.41, 5.74) is 12.9. The van der Waals surface area contributed by atoms with Gasteiger partial charge in [0.05, 0.1) is 16.6 Å². The van der Waals surface area contributed by atoms with Crippen molar-refractivity contribution in [1.29, 1.82) is 0 Å². The molecule has 0 unspecified atom stereocenters. The lowest BCUT2D eigenvalue weighted by molar-refractivity contribution is 0.669. The smallest absolute Gasteiger partial charge is 0.137 e. The van der Waals surface area contributed by atoms with Crippen LogP contribution in [0.25, 0.3) is 66.2 Å². The summed E-state index contributed by atoms with van der Waals surface area (Å²) < 4.78 is 6.47. The number of fused-ring (bicyclic) bond motifs is 4. The van der Waals surface area contributed by atoms with Crippen LogP contribution < -0.4 is 4.90 Å². The van der Waals surface area contributed by atoms with Crippen molar-refractivity contribution in [3.05, 3.63) is 182 Å². The molecule has 2 heterocycles. The normalized spacial score (nSPS) is 11.3. The third kappa shape index (κ3) is 4.99. The maximum atomic E-state index is 6.47. The molecule has 0 aliphatic rings. The van der Waals surface area contributed by atoms with Gasteiger partial charge in [-0.05, 0) is 81.9 Å². The van der Waals surface area contributed by atoms with E-state index in [0.717, 1.165) is 55.5 Å². The molecule has 0 saturated carbocycles. The highest BCUT2D eigenvalue weighted by atomic mass is 16.3. The van der Waals surface area contributed by atoms with Gasteiger partial charge >= 0.3 is 0 Å². The summed E-state index contributed by atoms with van der Waals surface area (Å²) in [6.45, 7) is 0. The lowest BCUT2D eigenvalue weighted by Gasteiger charge is -2.27. The minimum Gasteiger partial charge on any atom is -0.456 e. The minimum absolute atomic E-state index is 0.830. The second-order valence-corrected chi connectivity index (χ2v) is 12.0. The van der Waals surface area contributed by atoms with Crippen LogP contribution in [0.2, 0.25) is 0 Å². The summed E-state index contributed by atoms with van der Waals surface area (Å²) in [6.07, 6.45) is 1.82. The van der Waals surface area contributed by atoms with Crippen LogP contribution in [-0.4, -0.2) is 4.98 Å². The molecule has 0 N–H and O–H groups in total. The maximum absolute atomic E-state index is 6.47. The maximum Gasteiger partial charge on any atom is 0.137 e. The van der Waals surface area contributed by atoms with E-state index in [1.54, 1.807) is 0 Å². The number of benzene rings is 7. The summed E-state index contributed by atoms with van der Waals surface area (Å²) in [4.78, 5) is 6.92. The standard InChI is InChI=1S/C45H30N2O/c1-3-10-31(11-4-1)33-19-21-34(22-20-33)35-23-25-38(26-24-35)47(39-16-7-14-36(28-39)32-12-5-2-6-13-32)42-17-8-18-43-45(42)40-29-37-15-9-27-46-41(37)30-44(40)48-43/h1-30H. The Kier molecular flexibility index (Phi) is 6.80. The van der Waals surface area contributed by atoms with Crippen LogP contribution in [0.15, 0.2) is 187 Å². The van der Waals surface area contributed by atoms with Gasteiger partial charge in [0.15, 0.2) is 0 Å². The molecule has 0 saturated heterocycles. The number of anilines is 3. The zero-order chi connectivity index (χ0) is 31.9. The first-order chi connectivity index (χ1) is 23.8. The van der Waals surface area contributed by atoms with Gasteiger partial charge in [0.25, 0.3) is 0 Å². The quantitative estimate of drug-likeness (QED) is 0.187. The molecular formula is C45H30N2O. The van der Waals surface area contributed by atoms with E-state index in [1.807, 2.05) is 18.3 Å². The van der Waals surface area contributed by atoms with Gasteiger partial charge < -0.3 is 9.32 Å². The molecule has 0 aliphatic carbocycles. The predicted octanol–water partition coefficient (Wildman–Crippen LogP) is 12.6. The van der Waals surface area contributed by atoms with E-state index in [-0.39, 0.29) is 0 Å². The minimum atomic E-state index is 0.830. The Balaban J connectivity index is 1.19. The molecule has 2 aromatic heterocycles. The molecule has 9 rings (SSSR count). The first-order valence-corrected chi connectivity index (χ1v) is 16.2. The van der Waals surface area contributed by atoms with Gasteiger partial charge in [-0.2, -0.15) is 0 Å². The fourth-order valence-electron chi connectivity index (χ4n) is 6.73. The SMILES string of the molecule is c1ccc(-c2ccc(-c3ccc(N(c4cccc(-c5ccccc5)c4)c4cccc5oc6cc7ncccc7cc6c45)cc3)cc2)cc1. The Morgan fingerprint density at radius 2 is 1.02 bits per heavy atom. The number of nitrogens with zero attached hydrogens (tertiary/aromatic N) is 2. The van der Waals surface area contributed by atoms with E-state index < -0.39 is 0 Å². The second kappa shape index (κ2) is 11.7. The number of pyridine rings is 1. The number of furan rings is 1. The molecule has 0 atom stereocenters. The highest BCUT2D eigenvalue weighted by molar-refractivity contribution is 6.16. The average molecular weight is 615 g/mol. The monoisotopic (exact) mass is 614 g/mol. The van der Waals surface area contributed by atoms with Crippen molar-refractivity contribution in [2.45, 2.75) is 0 Å². The summed E-state index contributed by atoms with van der Waals surface area (Å²) >= 11 is 0. The van der Waals surface area contributed by atoms with E-state index in [2.05, 4.69) is 174 Å². The fourth-order valence-corrected chi connectivity index (χ4v) is 6.73. The van der Waals surface area contributed by atoms with Gasteiger partial charge in [0.2, 0.25) is 0 Å². The van der Waals surface area contributed by atoms with Crippen molar-refractivity contribution in [3.8, 4) is 33.4 Å². The summed E-state index contributed by atoms with van der Waals surface area (Å²) in [5, 5.41) is 3.23. The first kappa shape index (κ1) is 27.8. The number of aromatic nitrogens is 1. The van der Waals surface area contributed by atoms with Gasteiger partial charge in [0.1, 0.15) is 11.2 Å². The molecule has 7 aromatic carbocycles. The summed E-state index contributed by atoms with van der Waals surface area (Å²) in [6, 6.07) is 62.1. The van der Waals surface area contributed by atoms with E-state index in [0.29, 0.717) is 0 Å². The average Bonchev–Trinajstić information content (AvgIpc) is 3.53. The highest BCUT2D eigenvalue weighted by Gasteiger charge is 2.20. The Hall–Kier alpha value is -6.45. The molecule has 9 aromatic rings. The second-order valence-electron chi connectivity index (χ2n) is 12.0. The van der Waals surface area contributed by atoms with Gasteiger partial charge in [0, 0.05) is 34.4 Å². The molecule has 0 aliphatic heterocycles. The third-order valence-electron chi connectivity index (χ3n) is 9.10. The van der Waals surface area contributed by atoms with Crippen molar-refractivity contribution in [2.24, 2.45) is 0 Å². The van der Waals surface area contributed by atoms with Crippen molar-refractivity contribution in [1.82, 2.24) is 4.98 Å². The fraction of sp³-hybridized carbons (Fsp3) is 0. The van der Waals surface area contributed by atoms with E-state index >= 15 is 0 Å². The van der Waals surface area contributed by atoms with Gasteiger partial charge in [-0.1, -0.05) is 121 Å². The van der Waals surface area contributed by atoms with E-state index in [4.69, 9.17) is 4.42 Å². The topological polar surface area (TPSA) is 29.3 Å². The molecule has 48 heavy (non-hydrogen) atoms. The summed E-state index contributed by atoms with van der Waals surface area (Å²) in [5.74, 6) is 0. The largest absolute Gasteiger partial charge is 0.456 e. The molecule has 226 valence electrons. The van der Waals surface area contributed by atoms with Crippen LogP contribution in [0.3, 0.4) is 0 Å². The van der Waals surface area contributed by atoms with Crippen molar-refractivity contribution in [3.63, 3.8) is 0 Å². The zero-order valence-electron chi connectivity index (χ0n) is 26.1. The lowest BCUT2D eigenvalue weighted by Crippen LogP contribution is -2.10.